The number of urea groups is 1. The summed E-state index contributed by atoms with van der Waals surface area (Å²) in [6, 6.07) is 7.38. The number of nitrogens with two attached hydrogens (primary N) is 1. The monoisotopic (exact) mass is 431 g/mol. The van der Waals surface area contributed by atoms with Crippen molar-refractivity contribution < 1.29 is 9.59 Å². The summed E-state index contributed by atoms with van der Waals surface area (Å²) in [7, 11) is 1.93. The third kappa shape index (κ3) is 5.06. The highest BCUT2D eigenvalue weighted by atomic mass is 16.2. The number of benzene rings is 1. The predicted octanol–water partition coefficient (Wildman–Crippen LogP) is 0.260. The molecule has 1 saturated heterocycles. The van der Waals surface area contributed by atoms with Crippen LogP contribution in [0.4, 0.5) is 4.79 Å². The van der Waals surface area contributed by atoms with Crippen LogP contribution in [0.3, 0.4) is 0 Å². The quantitative estimate of drug-likeness (QED) is 0.532. The molecule has 2 aliphatic rings. The molecule has 10 heteroatoms. The fourth-order valence-electron chi connectivity index (χ4n) is 3.79. The van der Waals surface area contributed by atoms with E-state index in [1.807, 2.05) is 30.9 Å². The number of amides is 3. The fourth-order valence-corrected chi connectivity index (χ4v) is 3.79. The SMILES string of the molecule is Bc1cc(C#N)cc(C2CC=NN2C(=O)N2CCN(C(=C)/N=C(\C=C/C)C(N)=O)CC2)c1. The fraction of sp³-hybridized carbons (Fsp3) is 0.318. The Morgan fingerprint density at radius 3 is 2.59 bits per heavy atom. The number of nitriles is 1. The van der Waals surface area contributed by atoms with Crippen molar-refractivity contribution in [1.82, 2.24) is 14.8 Å². The number of hydrogen-bond acceptors (Lipinski definition) is 6. The molecule has 164 valence electrons. The van der Waals surface area contributed by atoms with Crippen LogP contribution in [0.2, 0.25) is 0 Å². The van der Waals surface area contributed by atoms with Gasteiger partial charge in [0.15, 0.2) is 0 Å². The molecular weight excluding hydrogens is 405 g/mol. The number of hydrazone groups is 1. The average molecular weight is 431 g/mol. The lowest BCUT2D eigenvalue weighted by Gasteiger charge is -2.37. The van der Waals surface area contributed by atoms with Crippen molar-refractivity contribution in [2.45, 2.75) is 19.4 Å². The number of rotatable bonds is 5. The van der Waals surface area contributed by atoms with Crippen LogP contribution < -0.4 is 11.2 Å². The van der Waals surface area contributed by atoms with Crippen LogP contribution in [0.25, 0.3) is 0 Å². The molecule has 0 aliphatic carbocycles. The van der Waals surface area contributed by atoms with Crippen LogP contribution in [-0.4, -0.2) is 72.7 Å². The van der Waals surface area contributed by atoms with Gasteiger partial charge >= 0.3 is 6.03 Å². The van der Waals surface area contributed by atoms with Gasteiger partial charge in [0, 0.05) is 38.8 Å². The molecule has 2 aliphatic heterocycles. The molecule has 0 aromatic heterocycles. The smallest absolute Gasteiger partial charge is 0.341 e. The summed E-state index contributed by atoms with van der Waals surface area (Å²) >= 11 is 0. The molecule has 3 amide bonds. The van der Waals surface area contributed by atoms with Gasteiger partial charge in [-0.05, 0) is 24.6 Å². The van der Waals surface area contributed by atoms with Gasteiger partial charge in [0.2, 0.25) is 0 Å². The predicted molar refractivity (Wildman–Crippen MR) is 126 cm³/mol. The highest BCUT2D eigenvalue weighted by Crippen LogP contribution is 2.29. The van der Waals surface area contributed by atoms with Gasteiger partial charge in [-0.2, -0.15) is 10.4 Å². The van der Waals surface area contributed by atoms with Crippen LogP contribution in [0.5, 0.6) is 0 Å². The van der Waals surface area contributed by atoms with E-state index in [4.69, 9.17) is 5.73 Å². The first-order valence-corrected chi connectivity index (χ1v) is 10.4. The summed E-state index contributed by atoms with van der Waals surface area (Å²) in [6.07, 6.45) is 5.57. The number of nitrogens with zero attached hydrogens (tertiary/aromatic N) is 6. The number of carbonyl (C=O) groups is 2. The van der Waals surface area contributed by atoms with Gasteiger partial charge in [-0.15, -0.1) is 0 Å². The van der Waals surface area contributed by atoms with E-state index < -0.39 is 5.91 Å². The summed E-state index contributed by atoms with van der Waals surface area (Å²) in [5.41, 5.74) is 7.93. The minimum Gasteiger partial charge on any atom is -0.364 e. The summed E-state index contributed by atoms with van der Waals surface area (Å²) in [4.78, 5) is 32.6. The minimum atomic E-state index is -0.619. The number of piperazine rings is 1. The molecule has 1 aromatic rings. The Hall–Kier alpha value is -3.87. The van der Waals surface area contributed by atoms with Crippen LogP contribution in [-0.2, 0) is 4.79 Å². The highest BCUT2D eigenvalue weighted by molar-refractivity contribution is 6.43. The molecular formula is C22H26BN7O2. The first kappa shape index (κ1) is 22.8. The Labute approximate surface area is 188 Å². The molecule has 0 radical (unpaired) electrons. The van der Waals surface area contributed by atoms with Crippen LogP contribution in [0.15, 0.2) is 52.8 Å². The summed E-state index contributed by atoms with van der Waals surface area (Å²) in [5.74, 6) is -0.184. The molecule has 1 unspecified atom stereocenters. The highest BCUT2D eigenvalue weighted by Gasteiger charge is 2.33. The lowest BCUT2D eigenvalue weighted by molar-refractivity contribution is -0.111. The second-order valence-electron chi connectivity index (χ2n) is 7.67. The summed E-state index contributed by atoms with van der Waals surface area (Å²) < 4.78 is 0. The van der Waals surface area contributed by atoms with Crippen molar-refractivity contribution in [3.63, 3.8) is 0 Å². The van der Waals surface area contributed by atoms with E-state index in [0.29, 0.717) is 44.0 Å². The third-order valence-corrected chi connectivity index (χ3v) is 5.38. The number of primary amides is 1. The van der Waals surface area contributed by atoms with Gasteiger partial charge in [0.05, 0.1) is 17.7 Å². The van der Waals surface area contributed by atoms with E-state index in [0.717, 1.165) is 11.0 Å². The molecule has 1 fully saturated rings. The van der Waals surface area contributed by atoms with Crippen molar-refractivity contribution >= 4 is 37.2 Å². The number of aliphatic imine (C=N–C) groups is 1. The van der Waals surface area contributed by atoms with Crippen LogP contribution in [0.1, 0.15) is 30.5 Å². The minimum absolute atomic E-state index is 0.139. The van der Waals surface area contributed by atoms with Gasteiger partial charge in [-0.1, -0.05) is 30.3 Å². The normalized spacial score (nSPS) is 18.8. The first-order chi connectivity index (χ1) is 15.3. The Balaban J connectivity index is 1.66. The maximum Gasteiger partial charge on any atom is 0.341 e. The molecule has 9 nitrogen and oxygen atoms in total. The van der Waals surface area contributed by atoms with Gasteiger partial charge in [-0.25, -0.2) is 14.8 Å². The van der Waals surface area contributed by atoms with Crippen molar-refractivity contribution in [3.05, 3.63) is 53.9 Å². The average Bonchev–Trinajstić information content (AvgIpc) is 3.27. The molecule has 0 spiro atoms. The van der Waals surface area contributed by atoms with Gasteiger partial charge in [0.25, 0.3) is 5.91 Å². The summed E-state index contributed by atoms with van der Waals surface area (Å²) in [6.45, 7) is 7.72. The van der Waals surface area contributed by atoms with E-state index in [2.05, 4.69) is 22.7 Å². The second kappa shape index (κ2) is 9.96. The third-order valence-electron chi connectivity index (χ3n) is 5.38. The maximum atomic E-state index is 13.2. The molecule has 0 bridgehead atoms. The van der Waals surface area contributed by atoms with Crippen molar-refractivity contribution in [3.8, 4) is 6.07 Å². The molecule has 0 saturated carbocycles. The molecule has 2 N–H and O–H groups in total. The van der Waals surface area contributed by atoms with Crippen molar-refractivity contribution in [2.75, 3.05) is 26.2 Å². The number of hydrogen-bond donors (Lipinski definition) is 1. The number of carbonyl (C=O) groups excluding carboxylic acids is 2. The molecule has 1 atom stereocenters. The van der Waals surface area contributed by atoms with E-state index >= 15 is 0 Å². The molecule has 32 heavy (non-hydrogen) atoms. The Kier molecular flexibility index (Phi) is 7.10. The maximum absolute atomic E-state index is 13.2. The van der Waals surface area contributed by atoms with E-state index in [-0.39, 0.29) is 17.8 Å². The lowest BCUT2D eigenvalue weighted by atomic mass is 9.89. The first-order valence-electron chi connectivity index (χ1n) is 10.4. The van der Waals surface area contributed by atoms with Gasteiger partial charge < -0.3 is 15.5 Å². The van der Waals surface area contributed by atoms with Gasteiger partial charge in [-0.3, -0.25) is 4.79 Å². The largest absolute Gasteiger partial charge is 0.364 e. The van der Waals surface area contributed by atoms with E-state index in [9.17, 15) is 14.9 Å². The number of allylic oxidation sites excluding steroid dienone is 1. The zero-order valence-electron chi connectivity index (χ0n) is 18.4. The molecule has 3 rings (SSSR count). The topological polar surface area (TPSA) is 118 Å². The Morgan fingerprint density at radius 1 is 1.28 bits per heavy atom. The molecule has 1 aromatic carbocycles. The Morgan fingerprint density at radius 2 is 1.97 bits per heavy atom. The Bertz CT molecular complexity index is 1050. The van der Waals surface area contributed by atoms with E-state index in [1.165, 1.54) is 5.01 Å². The standard InChI is InChI=1S/C22H26BN7O2/c1-3-4-19(21(25)31)27-15(2)28-7-9-29(10-8-28)22(32)30-20(5-6-26-30)17-11-16(14-24)12-18(23)13-17/h3-4,6,11-13,20H,2,5,7-10,23H2,1H3,(H2,25,31)/b4-3-,27-19+. The lowest BCUT2D eigenvalue weighted by Crippen LogP contribution is -2.51. The summed E-state index contributed by atoms with van der Waals surface area (Å²) in [5, 5.41) is 15.1. The molecule has 2 heterocycles. The second-order valence-corrected chi connectivity index (χ2v) is 7.67. The van der Waals surface area contributed by atoms with E-state index in [1.54, 1.807) is 30.2 Å². The van der Waals surface area contributed by atoms with Crippen molar-refractivity contribution in [1.29, 1.82) is 5.26 Å². The zero-order valence-corrected chi connectivity index (χ0v) is 18.4. The van der Waals surface area contributed by atoms with Gasteiger partial charge in [0.1, 0.15) is 19.4 Å². The zero-order chi connectivity index (χ0) is 23.3. The van der Waals surface area contributed by atoms with Crippen LogP contribution >= 0.6 is 0 Å². The van der Waals surface area contributed by atoms with Crippen molar-refractivity contribution in [2.24, 2.45) is 15.8 Å². The van der Waals surface area contributed by atoms with Crippen LogP contribution in [0, 0.1) is 11.3 Å².